The Hall–Kier alpha value is -5.89. The highest BCUT2D eigenvalue weighted by Gasteiger charge is 2.38. The number of aliphatic carboxylic acids is 1. The molecule has 0 aliphatic carbocycles. The second-order valence-electron chi connectivity index (χ2n) is 10.1. The van der Waals surface area contributed by atoms with E-state index in [0.29, 0.717) is 23.1 Å². The molecule has 0 unspecified atom stereocenters. The van der Waals surface area contributed by atoms with Crippen LogP contribution in [0.1, 0.15) is 22.3 Å². The van der Waals surface area contributed by atoms with E-state index in [0.717, 1.165) is 28.3 Å². The van der Waals surface area contributed by atoms with Gasteiger partial charge in [0.1, 0.15) is 5.69 Å². The van der Waals surface area contributed by atoms with Crippen molar-refractivity contribution in [1.82, 2.24) is 14.8 Å². The Morgan fingerprint density at radius 1 is 0.837 bits per heavy atom. The maximum Gasteiger partial charge on any atom is 0.328 e. The van der Waals surface area contributed by atoms with E-state index in [1.54, 1.807) is 18.5 Å². The van der Waals surface area contributed by atoms with Crippen LogP contribution in [-0.2, 0) is 16.8 Å². The van der Waals surface area contributed by atoms with Gasteiger partial charge in [-0.05, 0) is 41.0 Å². The Kier molecular flexibility index (Phi) is 7.32. The fraction of sp³-hybridized carbons (Fsp3) is 0.0571. The monoisotopic (exact) mass is 566 g/mol. The van der Waals surface area contributed by atoms with Gasteiger partial charge in [0.05, 0.1) is 28.0 Å². The summed E-state index contributed by atoms with van der Waals surface area (Å²) in [6.45, 7) is 0.327. The molecule has 0 aliphatic rings. The SMILES string of the molecule is O=C(O)C=Cc1cc2c(-c3ccncc3)nn(CC(c3ccccc3)(c3ccccc3)c3ccccc3)c2cc1[N+](=O)[O-]. The molecule has 1 N–H and O–H groups in total. The Morgan fingerprint density at radius 2 is 1.37 bits per heavy atom. The van der Waals surface area contributed by atoms with Gasteiger partial charge in [-0.2, -0.15) is 5.10 Å². The number of hydrogen-bond donors (Lipinski definition) is 1. The van der Waals surface area contributed by atoms with E-state index in [1.807, 2.05) is 71.4 Å². The molecule has 6 rings (SSSR count). The van der Waals surface area contributed by atoms with Crippen LogP contribution < -0.4 is 0 Å². The molecule has 0 fully saturated rings. The standard InChI is InChI=1S/C35H26N4O4/c40-33(41)17-16-26-22-30-32(23-31(26)39(42)43)38(37-34(30)25-18-20-36-21-19-25)24-35(27-10-4-1-5-11-27,28-12-6-2-7-13-28)29-14-8-3-9-15-29/h1-23H,24H2,(H,40,41). The minimum Gasteiger partial charge on any atom is -0.478 e. The molecule has 2 heterocycles. The molecule has 0 amide bonds. The lowest BCUT2D eigenvalue weighted by Gasteiger charge is -2.36. The van der Waals surface area contributed by atoms with Crippen molar-refractivity contribution in [1.29, 1.82) is 0 Å². The van der Waals surface area contributed by atoms with Crippen LogP contribution in [0.15, 0.2) is 134 Å². The second kappa shape index (κ2) is 11.5. The predicted molar refractivity (Wildman–Crippen MR) is 165 cm³/mol. The maximum absolute atomic E-state index is 12.2. The smallest absolute Gasteiger partial charge is 0.328 e. The van der Waals surface area contributed by atoms with Crippen molar-refractivity contribution in [2.75, 3.05) is 0 Å². The fourth-order valence-electron chi connectivity index (χ4n) is 5.69. The molecule has 0 bridgehead atoms. The zero-order valence-corrected chi connectivity index (χ0v) is 22.9. The zero-order chi connectivity index (χ0) is 29.8. The summed E-state index contributed by atoms with van der Waals surface area (Å²) in [5, 5.41) is 27.2. The van der Waals surface area contributed by atoms with Crippen molar-refractivity contribution >= 4 is 28.6 Å². The van der Waals surface area contributed by atoms with Gasteiger partial charge >= 0.3 is 5.97 Å². The van der Waals surface area contributed by atoms with Gasteiger partial charge in [0.2, 0.25) is 0 Å². The number of carbonyl (C=O) groups is 1. The average Bonchev–Trinajstić information content (AvgIpc) is 3.40. The number of benzene rings is 4. The van der Waals surface area contributed by atoms with E-state index in [4.69, 9.17) is 5.10 Å². The number of fused-ring (bicyclic) bond motifs is 1. The molecule has 4 aromatic carbocycles. The molecule has 8 heteroatoms. The lowest BCUT2D eigenvalue weighted by molar-refractivity contribution is -0.385. The van der Waals surface area contributed by atoms with E-state index >= 15 is 0 Å². The van der Waals surface area contributed by atoms with Gasteiger partial charge in [-0.1, -0.05) is 91.0 Å². The van der Waals surface area contributed by atoms with E-state index in [1.165, 1.54) is 12.1 Å². The van der Waals surface area contributed by atoms with Crippen molar-refractivity contribution in [2.45, 2.75) is 12.0 Å². The number of rotatable bonds is 9. The van der Waals surface area contributed by atoms with Crippen molar-refractivity contribution < 1.29 is 14.8 Å². The molecule has 0 saturated carbocycles. The quantitative estimate of drug-likeness (QED) is 0.0862. The first-order valence-corrected chi connectivity index (χ1v) is 13.6. The van der Waals surface area contributed by atoms with Crippen LogP contribution in [0.3, 0.4) is 0 Å². The number of nitro benzene ring substituents is 1. The number of aromatic nitrogens is 3. The highest BCUT2D eigenvalue weighted by molar-refractivity contribution is 5.97. The van der Waals surface area contributed by atoms with Gasteiger partial charge in [-0.15, -0.1) is 0 Å². The Bertz CT molecular complexity index is 1840. The molecule has 8 nitrogen and oxygen atoms in total. The van der Waals surface area contributed by atoms with Crippen LogP contribution >= 0.6 is 0 Å². The number of carboxylic acids is 1. The normalized spacial score (nSPS) is 11.6. The van der Waals surface area contributed by atoms with E-state index in [-0.39, 0.29) is 11.3 Å². The number of carboxylic acid groups (broad SMARTS) is 1. The Morgan fingerprint density at radius 3 is 1.86 bits per heavy atom. The average molecular weight is 567 g/mol. The van der Waals surface area contributed by atoms with Crippen molar-refractivity contribution in [3.63, 3.8) is 0 Å². The van der Waals surface area contributed by atoms with Gasteiger partial charge in [0, 0.05) is 35.5 Å². The summed E-state index contributed by atoms with van der Waals surface area (Å²) in [6, 6.07) is 37.3. The first-order valence-electron chi connectivity index (χ1n) is 13.6. The number of hydrogen-bond acceptors (Lipinski definition) is 5. The first kappa shape index (κ1) is 27.3. The topological polar surface area (TPSA) is 111 Å². The third-order valence-corrected chi connectivity index (χ3v) is 7.64. The molecule has 0 atom stereocenters. The minimum absolute atomic E-state index is 0.176. The van der Waals surface area contributed by atoms with E-state index in [2.05, 4.69) is 41.4 Å². The number of nitrogens with zero attached hydrogens (tertiary/aromatic N) is 4. The fourth-order valence-corrected chi connectivity index (χ4v) is 5.69. The van der Waals surface area contributed by atoms with Gasteiger partial charge in [0.15, 0.2) is 0 Å². The molecule has 43 heavy (non-hydrogen) atoms. The highest BCUT2D eigenvalue weighted by Crippen LogP contribution is 2.42. The summed E-state index contributed by atoms with van der Waals surface area (Å²) >= 11 is 0. The maximum atomic E-state index is 12.2. The summed E-state index contributed by atoms with van der Waals surface area (Å²) in [5.41, 5.74) is 4.32. The predicted octanol–water partition coefficient (Wildman–Crippen LogP) is 7.14. The molecular formula is C35H26N4O4. The third-order valence-electron chi connectivity index (χ3n) is 7.64. The molecule has 0 radical (unpaired) electrons. The van der Waals surface area contributed by atoms with Gasteiger partial charge in [-0.25, -0.2) is 4.79 Å². The first-order chi connectivity index (χ1) is 21.0. The van der Waals surface area contributed by atoms with Crippen molar-refractivity contribution in [3.05, 3.63) is 166 Å². The summed E-state index contributed by atoms with van der Waals surface area (Å²) in [4.78, 5) is 27.2. The van der Waals surface area contributed by atoms with E-state index in [9.17, 15) is 20.0 Å². The highest BCUT2D eigenvalue weighted by atomic mass is 16.6. The molecule has 2 aromatic heterocycles. The summed E-state index contributed by atoms with van der Waals surface area (Å²) in [7, 11) is 0. The molecule has 0 spiro atoms. The van der Waals surface area contributed by atoms with Gasteiger partial charge < -0.3 is 5.11 Å². The van der Waals surface area contributed by atoms with E-state index < -0.39 is 16.3 Å². The largest absolute Gasteiger partial charge is 0.478 e. The van der Waals surface area contributed by atoms with Crippen molar-refractivity contribution in [3.8, 4) is 11.3 Å². The van der Waals surface area contributed by atoms with Crippen LogP contribution in [0.4, 0.5) is 5.69 Å². The second-order valence-corrected chi connectivity index (χ2v) is 10.1. The lowest BCUT2D eigenvalue weighted by atomic mass is 9.69. The molecule has 0 saturated heterocycles. The van der Waals surface area contributed by atoms with Crippen LogP contribution in [0.5, 0.6) is 0 Å². The van der Waals surface area contributed by atoms with Crippen LogP contribution in [0, 0.1) is 10.1 Å². The molecule has 0 aliphatic heterocycles. The van der Waals surface area contributed by atoms with Crippen LogP contribution in [-0.4, -0.2) is 30.8 Å². The van der Waals surface area contributed by atoms with Gasteiger partial charge in [0.25, 0.3) is 5.69 Å². The minimum atomic E-state index is -1.20. The number of nitro groups is 1. The van der Waals surface area contributed by atoms with Crippen LogP contribution in [0.25, 0.3) is 28.2 Å². The number of pyridine rings is 1. The summed E-state index contributed by atoms with van der Waals surface area (Å²) in [5.74, 6) is -1.20. The Labute approximate surface area is 247 Å². The van der Waals surface area contributed by atoms with Gasteiger partial charge in [-0.3, -0.25) is 19.8 Å². The van der Waals surface area contributed by atoms with Crippen molar-refractivity contribution in [2.24, 2.45) is 0 Å². The van der Waals surface area contributed by atoms with Crippen LogP contribution in [0.2, 0.25) is 0 Å². The third kappa shape index (κ3) is 5.17. The molecule has 210 valence electrons. The zero-order valence-electron chi connectivity index (χ0n) is 22.9. The lowest BCUT2D eigenvalue weighted by Crippen LogP contribution is -2.35. The molecular weight excluding hydrogens is 540 g/mol. The summed E-state index contributed by atoms with van der Waals surface area (Å²) in [6.07, 6.45) is 5.48. The summed E-state index contributed by atoms with van der Waals surface area (Å²) < 4.78 is 1.83. The molecule has 6 aromatic rings. The Balaban J connectivity index is 1.68.